The number of nitrogens with zero attached hydrogens (tertiary/aromatic N) is 2. The van der Waals surface area contributed by atoms with Crippen LogP contribution in [0.25, 0.3) is 0 Å². The van der Waals surface area contributed by atoms with Crippen molar-refractivity contribution in [1.29, 1.82) is 0 Å². The van der Waals surface area contributed by atoms with Crippen LogP contribution in [0, 0.1) is 0 Å². The largest absolute Gasteiger partial charge is 0.489 e. The third kappa shape index (κ3) is 3.69. The Morgan fingerprint density at radius 1 is 1.18 bits per heavy atom. The number of para-hydroxylation sites is 2. The van der Waals surface area contributed by atoms with Crippen LogP contribution in [0.4, 0.5) is 5.69 Å². The van der Waals surface area contributed by atoms with Gasteiger partial charge >= 0.3 is 0 Å². The van der Waals surface area contributed by atoms with Gasteiger partial charge in [-0.25, -0.2) is 0 Å². The van der Waals surface area contributed by atoms with Crippen LogP contribution < -0.4 is 19.1 Å². The highest BCUT2D eigenvalue weighted by atomic mass is 35.5. The van der Waals surface area contributed by atoms with Crippen molar-refractivity contribution in [1.82, 2.24) is 4.90 Å². The smallest absolute Gasteiger partial charge is 0.265 e. The van der Waals surface area contributed by atoms with E-state index in [1.54, 1.807) is 19.0 Å². The molecule has 1 amide bonds. The molecule has 1 atom stereocenters. The molecular formula is C21H23ClN2O4. The Balaban J connectivity index is 1.64. The predicted molar refractivity (Wildman–Crippen MR) is 108 cm³/mol. The Morgan fingerprint density at radius 3 is 2.79 bits per heavy atom. The predicted octanol–water partition coefficient (Wildman–Crippen LogP) is 3.36. The zero-order valence-corrected chi connectivity index (χ0v) is 16.7. The van der Waals surface area contributed by atoms with E-state index in [1.165, 1.54) is 0 Å². The van der Waals surface area contributed by atoms with Crippen molar-refractivity contribution >= 4 is 23.2 Å². The Kier molecular flexibility index (Phi) is 5.22. The van der Waals surface area contributed by atoms with E-state index in [1.807, 2.05) is 36.4 Å². The Morgan fingerprint density at radius 2 is 1.96 bits per heavy atom. The van der Waals surface area contributed by atoms with E-state index in [0.29, 0.717) is 48.6 Å². The van der Waals surface area contributed by atoms with Gasteiger partial charge in [0.05, 0.1) is 30.5 Å². The number of rotatable bonds is 3. The first-order chi connectivity index (χ1) is 13.5. The number of amides is 1. The van der Waals surface area contributed by atoms with E-state index in [2.05, 4.69) is 4.90 Å². The monoisotopic (exact) mass is 402 g/mol. The van der Waals surface area contributed by atoms with Crippen LogP contribution in [-0.2, 0) is 11.3 Å². The second-order valence-electron chi connectivity index (χ2n) is 7.14. The molecule has 7 heteroatoms. The fourth-order valence-corrected chi connectivity index (χ4v) is 3.76. The van der Waals surface area contributed by atoms with Gasteiger partial charge in [0.1, 0.15) is 5.75 Å². The molecule has 0 bridgehead atoms. The van der Waals surface area contributed by atoms with E-state index in [4.69, 9.17) is 25.8 Å². The molecule has 6 nitrogen and oxygen atoms in total. The lowest BCUT2D eigenvalue weighted by molar-refractivity contribution is -0.136. The summed E-state index contributed by atoms with van der Waals surface area (Å²) in [7, 11) is 3.47. The zero-order valence-electron chi connectivity index (χ0n) is 16.0. The third-order valence-corrected chi connectivity index (χ3v) is 5.09. The minimum atomic E-state index is -0.555. The molecule has 0 saturated heterocycles. The molecule has 4 rings (SSSR count). The van der Waals surface area contributed by atoms with Crippen LogP contribution in [0.3, 0.4) is 0 Å². The summed E-state index contributed by atoms with van der Waals surface area (Å²) in [4.78, 5) is 16.2. The minimum absolute atomic E-state index is 0.0591. The normalized spacial score (nSPS) is 18.0. The van der Waals surface area contributed by atoms with Crippen LogP contribution in [0.5, 0.6) is 17.2 Å². The molecule has 0 spiro atoms. The number of hydrogen-bond donors (Lipinski definition) is 0. The molecule has 0 radical (unpaired) electrons. The van der Waals surface area contributed by atoms with Crippen LogP contribution in [0.15, 0.2) is 36.4 Å². The molecule has 28 heavy (non-hydrogen) atoms. The second-order valence-corrected chi connectivity index (χ2v) is 7.55. The molecule has 2 aromatic rings. The number of anilines is 1. The molecule has 2 aromatic carbocycles. The Hall–Kier alpha value is -2.60. The van der Waals surface area contributed by atoms with Crippen molar-refractivity contribution in [2.75, 3.05) is 38.8 Å². The summed E-state index contributed by atoms with van der Waals surface area (Å²) in [5.41, 5.74) is 1.94. The van der Waals surface area contributed by atoms with Gasteiger partial charge in [0.15, 0.2) is 17.6 Å². The number of halogens is 1. The van der Waals surface area contributed by atoms with Gasteiger partial charge in [0.25, 0.3) is 5.91 Å². The molecule has 0 saturated carbocycles. The number of hydrogen-bond acceptors (Lipinski definition) is 5. The topological polar surface area (TPSA) is 51.2 Å². The van der Waals surface area contributed by atoms with Crippen LogP contribution in [0.1, 0.15) is 12.0 Å². The summed E-state index contributed by atoms with van der Waals surface area (Å²) >= 11 is 6.45. The Labute approximate surface area is 169 Å². The average Bonchev–Trinajstić information content (AvgIpc) is 2.93. The molecule has 2 heterocycles. The van der Waals surface area contributed by atoms with E-state index in [-0.39, 0.29) is 5.91 Å². The van der Waals surface area contributed by atoms with Crippen molar-refractivity contribution in [3.8, 4) is 17.2 Å². The van der Waals surface area contributed by atoms with Crippen LogP contribution in [-0.4, -0.2) is 50.8 Å². The first-order valence-electron chi connectivity index (χ1n) is 9.33. The van der Waals surface area contributed by atoms with Crippen molar-refractivity contribution in [2.45, 2.75) is 19.1 Å². The summed E-state index contributed by atoms with van der Waals surface area (Å²) in [5, 5.41) is 0.539. The molecule has 148 valence electrons. The number of likely N-dealkylation sites (N-methyl/N-ethyl adjacent to an activating group) is 1. The van der Waals surface area contributed by atoms with Gasteiger partial charge in [-0.05, 0) is 29.8 Å². The van der Waals surface area contributed by atoms with Crippen molar-refractivity contribution < 1.29 is 19.0 Å². The number of carbonyl (C=O) groups is 1. The molecule has 0 aliphatic carbocycles. The lowest BCUT2D eigenvalue weighted by atomic mass is 10.1. The second kappa shape index (κ2) is 7.80. The first kappa shape index (κ1) is 18.7. The summed E-state index contributed by atoms with van der Waals surface area (Å²) < 4.78 is 17.5. The summed E-state index contributed by atoms with van der Waals surface area (Å²) in [6.07, 6.45) is 0.270. The van der Waals surface area contributed by atoms with Crippen molar-refractivity contribution in [3.63, 3.8) is 0 Å². The first-order valence-corrected chi connectivity index (χ1v) is 9.70. The number of ether oxygens (including phenoxy) is 3. The number of benzene rings is 2. The van der Waals surface area contributed by atoms with Gasteiger partial charge in [-0.3, -0.25) is 4.79 Å². The van der Waals surface area contributed by atoms with E-state index in [9.17, 15) is 4.79 Å². The highest BCUT2D eigenvalue weighted by molar-refractivity contribution is 6.32. The van der Waals surface area contributed by atoms with Crippen molar-refractivity contribution in [2.24, 2.45) is 0 Å². The van der Waals surface area contributed by atoms with Gasteiger partial charge in [0.2, 0.25) is 0 Å². The molecule has 2 aliphatic heterocycles. The number of fused-ring (bicyclic) bond motifs is 2. The standard InChI is InChI=1S/C21H23ClN2O4/c1-23(2)21(25)19-13-24(16-6-3-4-7-17(16)28-19)12-14-10-15(22)20-18(11-14)26-8-5-9-27-20/h3-4,6-7,10-11,19H,5,8-9,12-13H2,1-2H3. The maximum Gasteiger partial charge on any atom is 0.265 e. The highest BCUT2D eigenvalue weighted by Gasteiger charge is 2.32. The lowest BCUT2D eigenvalue weighted by Gasteiger charge is -2.36. The quantitative estimate of drug-likeness (QED) is 0.788. The maximum absolute atomic E-state index is 12.5. The molecule has 0 fully saturated rings. The van der Waals surface area contributed by atoms with E-state index in [0.717, 1.165) is 17.7 Å². The van der Waals surface area contributed by atoms with E-state index >= 15 is 0 Å². The number of carbonyl (C=O) groups excluding carboxylic acids is 1. The summed E-state index contributed by atoms with van der Waals surface area (Å²) in [6.45, 7) is 2.23. The molecule has 0 aromatic heterocycles. The van der Waals surface area contributed by atoms with Gasteiger partial charge < -0.3 is 24.0 Å². The lowest BCUT2D eigenvalue weighted by Crippen LogP contribution is -2.48. The zero-order chi connectivity index (χ0) is 19.7. The minimum Gasteiger partial charge on any atom is -0.489 e. The Bertz CT molecular complexity index is 887. The SMILES string of the molecule is CN(C)C(=O)C1CN(Cc2cc(Cl)c3c(c2)OCCCO3)c2ccccc2O1. The highest BCUT2D eigenvalue weighted by Crippen LogP contribution is 2.40. The van der Waals surface area contributed by atoms with Gasteiger partial charge in [0, 0.05) is 27.1 Å². The van der Waals surface area contributed by atoms with Crippen molar-refractivity contribution in [3.05, 3.63) is 47.0 Å². The summed E-state index contributed by atoms with van der Waals surface area (Å²) in [5.74, 6) is 1.92. The molecule has 0 N–H and O–H groups in total. The van der Waals surface area contributed by atoms with Gasteiger partial charge in [-0.1, -0.05) is 23.7 Å². The fraction of sp³-hybridized carbons (Fsp3) is 0.381. The molecule has 2 aliphatic rings. The van der Waals surface area contributed by atoms with Crippen LogP contribution >= 0.6 is 11.6 Å². The summed E-state index contributed by atoms with van der Waals surface area (Å²) in [6, 6.07) is 11.6. The van der Waals surface area contributed by atoms with Crippen LogP contribution in [0.2, 0.25) is 5.02 Å². The van der Waals surface area contributed by atoms with Gasteiger partial charge in [-0.2, -0.15) is 0 Å². The fourth-order valence-electron chi connectivity index (χ4n) is 3.47. The molecular weight excluding hydrogens is 380 g/mol. The average molecular weight is 403 g/mol. The van der Waals surface area contributed by atoms with E-state index < -0.39 is 6.10 Å². The maximum atomic E-state index is 12.5. The third-order valence-electron chi connectivity index (χ3n) is 4.81. The van der Waals surface area contributed by atoms with Gasteiger partial charge in [-0.15, -0.1) is 0 Å². The molecule has 1 unspecified atom stereocenters.